The largest absolute Gasteiger partial charge is 0.371 e. The van der Waals surface area contributed by atoms with E-state index in [1.54, 1.807) is 25.5 Å². The highest BCUT2D eigenvalue weighted by atomic mass is 32.2. The van der Waals surface area contributed by atoms with Crippen LogP contribution in [0.2, 0.25) is 0 Å². The number of amides is 2. The molecule has 2 aromatic rings. The van der Waals surface area contributed by atoms with Crippen molar-refractivity contribution in [1.82, 2.24) is 4.90 Å². The Morgan fingerprint density at radius 1 is 1.19 bits per heavy atom. The van der Waals surface area contributed by atoms with Crippen LogP contribution in [-0.4, -0.2) is 37.1 Å². The first-order chi connectivity index (χ1) is 15.2. The van der Waals surface area contributed by atoms with Crippen molar-refractivity contribution in [2.45, 2.75) is 46.1 Å². The Labute approximate surface area is 202 Å². The van der Waals surface area contributed by atoms with Gasteiger partial charge in [0.05, 0.1) is 11.1 Å². The quantitative estimate of drug-likeness (QED) is 0.371. The Kier molecular flexibility index (Phi) is 6.56. The summed E-state index contributed by atoms with van der Waals surface area (Å²) in [5.74, 6) is 0.233. The topological polar surface area (TPSA) is 46.6 Å². The number of hydrogen-bond acceptors (Lipinski definition) is 6. The number of fused-ring (bicyclic) bond motifs is 2. The van der Waals surface area contributed by atoms with Gasteiger partial charge in [0, 0.05) is 50.6 Å². The highest BCUT2D eigenvalue weighted by Crippen LogP contribution is 2.49. The van der Waals surface area contributed by atoms with Gasteiger partial charge in [-0.25, -0.2) is 0 Å². The Hall–Kier alpha value is -1.67. The van der Waals surface area contributed by atoms with Crippen molar-refractivity contribution in [3.05, 3.63) is 60.0 Å². The van der Waals surface area contributed by atoms with Crippen LogP contribution < -0.4 is 0 Å². The van der Waals surface area contributed by atoms with Gasteiger partial charge in [-0.1, -0.05) is 33.8 Å². The summed E-state index contributed by atoms with van der Waals surface area (Å²) in [7, 11) is 3.33. The molecule has 1 saturated heterocycles. The van der Waals surface area contributed by atoms with E-state index in [4.69, 9.17) is 4.74 Å². The SMILES string of the molecule is COC1c2cc(/C(SC)=C3\C(=O)N(C)C(=O)\C3=C/C(C)C)sc2Cc2cc(C(C)C)sc21. The summed E-state index contributed by atoms with van der Waals surface area (Å²) in [4.78, 5) is 32.9. The van der Waals surface area contributed by atoms with Gasteiger partial charge in [0.1, 0.15) is 6.10 Å². The number of ether oxygens (including phenoxy) is 1. The third-order valence-corrected chi connectivity index (χ3v) is 9.51. The number of imide groups is 1. The van der Waals surface area contributed by atoms with Crippen LogP contribution in [0.1, 0.15) is 70.4 Å². The van der Waals surface area contributed by atoms with E-state index in [9.17, 15) is 9.59 Å². The second-order valence-electron chi connectivity index (χ2n) is 8.88. The second-order valence-corrected chi connectivity index (χ2v) is 11.9. The number of thiophene rings is 2. The fourth-order valence-electron chi connectivity index (χ4n) is 4.27. The number of carbonyl (C=O) groups is 2. The molecule has 0 bridgehead atoms. The third kappa shape index (κ3) is 3.83. The monoisotopic (exact) mass is 487 g/mol. The number of rotatable bonds is 5. The summed E-state index contributed by atoms with van der Waals surface area (Å²) in [6.45, 7) is 8.50. The van der Waals surface area contributed by atoms with Crippen molar-refractivity contribution in [2.24, 2.45) is 5.92 Å². The van der Waals surface area contributed by atoms with Gasteiger partial charge in [0.25, 0.3) is 11.8 Å². The predicted molar refractivity (Wildman–Crippen MR) is 136 cm³/mol. The van der Waals surface area contributed by atoms with Gasteiger partial charge < -0.3 is 4.74 Å². The summed E-state index contributed by atoms with van der Waals surface area (Å²) < 4.78 is 5.97. The van der Waals surface area contributed by atoms with Crippen LogP contribution in [0.4, 0.5) is 0 Å². The molecule has 32 heavy (non-hydrogen) atoms. The van der Waals surface area contributed by atoms with Crippen LogP contribution in [0, 0.1) is 5.92 Å². The lowest BCUT2D eigenvalue weighted by Crippen LogP contribution is -2.24. The fraction of sp³-hybridized carbons (Fsp3) is 0.440. The van der Waals surface area contributed by atoms with Crippen LogP contribution in [0.3, 0.4) is 0 Å². The smallest absolute Gasteiger partial charge is 0.262 e. The lowest BCUT2D eigenvalue weighted by atomic mass is 9.94. The normalized spacial score (nSPS) is 21.2. The van der Waals surface area contributed by atoms with Crippen molar-refractivity contribution in [2.75, 3.05) is 20.4 Å². The van der Waals surface area contributed by atoms with E-state index < -0.39 is 0 Å². The molecule has 1 unspecified atom stereocenters. The molecule has 0 radical (unpaired) electrons. The van der Waals surface area contributed by atoms with Crippen molar-refractivity contribution in [3.8, 4) is 0 Å². The second kappa shape index (κ2) is 8.93. The molecule has 0 spiro atoms. The molecule has 4 rings (SSSR count). The Balaban J connectivity index is 1.84. The molecule has 3 heterocycles. The van der Waals surface area contributed by atoms with Crippen LogP contribution in [0.25, 0.3) is 4.91 Å². The number of allylic oxidation sites excluding steroid dienone is 1. The highest BCUT2D eigenvalue weighted by Gasteiger charge is 2.39. The number of carbonyl (C=O) groups excluding carboxylic acids is 2. The maximum atomic E-state index is 13.1. The molecule has 1 fully saturated rings. The average Bonchev–Trinajstić information content (AvgIpc) is 3.40. The first-order valence-corrected chi connectivity index (χ1v) is 13.6. The molecule has 0 saturated carbocycles. The molecule has 170 valence electrons. The summed E-state index contributed by atoms with van der Waals surface area (Å²) in [5.41, 5.74) is 3.58. The zero-order chi connectivity index (χ0) is 23.3. The van der Waals surface area contributed by atoms with E-state index >= 15 is 0 Å². The van der Waals surface area contributed by atoms with Crippen LogP contribution in [-0.2, 0) is 20.7 Å². The van der Waals surface area contributed by atoms with Crippen molar-refractivity contribution in [1.29, 1.82) is 0 Å². The molecule has 7 heteroatoms. The van der Waals surface area contributed by atoms with E-state index in [-0.39, 0.29) is 23.8 Å². The van der Waals surface area contributed by atoms with Crippen molar-refractivity contribution >= 4 is 51.2 Å². The molecule has 0 aromatic carbocycles. The highest BCUT2D eigenvalue weighted by molar-refractivity contribution is 8.08. The molecule has 0 N–H and O–H groups in total. The van der Waals surface area contributed by atoms with Gasteiger partial charge in [-0.3, -0.25) is 14.5 Å². The number of methoxy groups -OCH3 is 1. The van der Waals surface area contributed by atoms with Crippen LogP contribution in [0.15, 0.2) is 29.4 Å². The number of likely N-dealkylation sites (tertiary alicyclic amines) is 1. The molecule has 1 aliphatic heterocycles. The molecule has 1 atom stereocenters. The van der Waals surface area contributed by atoms with E-state index in [1.165, 1.54) is 42.4 Å². The number of likely N-dealkylation sites (N-methyl/N-ethyl adjacent to an activating group) is 1. The van der Waals surface area contributed by atoms with Gasteiger partial charge >= 0.3 is 0 Å². The summed E-state index contributed by atoms with van der Waals surface area (Å²) in [6, 6.07) is 4.50. The van der Waals surface area contributed by atoms with Crippen molar-refractivity contribution < 1.29 is 14.3 Å². The maximum absolute atomic E-state index is 13.1. The fourth-order valence-corrected chi connectivity index (χ4v) is 7.75. The zero-order valence-electron chi connectivity index (χ0n) is 19.6. The minimum atomic E-state index is -0.221. The standard InChI is InChI=1S/C25H29NO3S3/c1-12(2)8-16-20(25(28)26(5)24(16)27)23(30-7)19-11-15-18(31-19)10-14-9-17(13(3)4)32-22(14)21(15)29-6/h8-9,11-13,21H,10H2,1-7H3/b16-8-,23-20+. The van der Waals surface area contributed by atoms with Gasteiger partial charge in [-0.2, -0.15) is 0 Å². The van der Waals surface area contributed by atoms with Gasteiger partial charge in [0.15, 0.2) is 0 Å². The third-order valence-electron chi connectivity index (χ3n) is 5.86. The molecule has 2 amide bonds. The number of nitrogens with zero attached hydrogens (tertiary/aromatic N) is 1. The molecule has 1 aliphatic carbocycles. The molecule has 2 aliphatic rings. The van der Waals surface area contributed by atoms with E-state index in [0.717, 1.165) is 16.2 Å². The molecular formula is C25H29NO3S3. The Morgan fingerprint density at radius 3 is 2.50 bits per heavy atom. The minimum absolute atomic E-state index is 0.0846. The van der Waals surface area contributed by atoms with E-state index in [1.807, 2.05) is 37.5 Å². The van der Waals surface area contributed by atoms with E-state index in [2.05, 4.69) is 26.0 Å². The predicted octanol–water partition coefficient (Wildman–Crippen LogP) is 6.23. The number of thioether (sulfide) groups is 1. The van der Waals surface area contributed by atoms with Gasteiger partial charge in [-0.15, -0.1) is 34.4 Å². The molecule has 2 aromatic heterocycles. The number of hydrogen-bond donors (Lipinski definition) is 0. The lowest BCUT2D eigenvalue weighted by Gasteiger charge is -2.21. The summed E-state index contributed by atoms with van der Waals surface area (Å²) in [5, 5.41) is 0. The molecular weight excluding hydrogens is 458 g/mol. The van der Waals surface area contributed by atoms with Gasteiger partial charge in [0.2, 0.25) is 0 Å². The van der Waals surface area contributed by atoms with Gasteiger partial charge in [-0.05, 0) is 35.8 Å². The van der Waals surface area contributed by atoms with Crippen molar-refractivity contribution in [3.63, 3.8) is 0 Å². The van der Waals surface area contributed by atoms with Crippen LogP contribution in [0.5, 0.6) is 0 Å². The zero-order valence-corrected chi connectivity index (χ0v) is 22.0. The first kappa shape index (κ1) is 23.5. The van der Waals surface area contributed by atoms with E-state index in [0.29, 0.717) is 17.1 Å². The Morgan fingerprint density at radius 2 is 1.91 bits per heavy atom. The van der Waals surface area contributed by atoms with Crippen LogP contribution >= 0.6 is 34.4 Å². The average molecular weight is 488 g/mol. The summed E-state index contributed by atoms with van der Waals surface area (Å²) in [6.07, 6.45) is 4.69. The summed E-state index contributed by atoms with van der Waals surface area (Å²) >= 11 is 5.10. The lowest BCUT2D eigenvalue weighted by molar-refractivity contribution is -0.134. The minimum Gasteiger partial charge on any atom is -0.371 e. The Bertz CT molecular complexity index is 1150. The maximum Gasteiger partial charge on any atom is 0.262 e. The molecule has 4 nitrogen and oxygen atoms in total. The first-order valence-electron chi connectivity index (χ1n) is 10.8.